The van der Waals surface area contributed by atoms with Crippen LogP contribution in [0.25, 0.3) is 0 Å². The molecule has 8 nitrogen and oxygen atoms in total. The number of carbonyl (C=O) groups is 2. The van der Waals surface area contributed by atoms with Crippen molar-refractivity contribution >= 4 is 29.3 Å². The molecule has 0 spiro atoms. The standard InChI is InChI=1S/C20H24ClN3O5/c1-2-15-17(19(25)29-11-12-6-4-3-5-7-12)18(23-20(26)22-15)13-8-9-16(24(27)28)14(21)10-13/h8-10,12,18H,2-7,11H2,1H3,(H2,22,23,26). The van der Waals surface area contributed by atoms with E-state index in [1.54, 1.807) is 0 Å². The molecule has 2 N–H and O–H groups in total. The minimum Gasteiger partial charge on any atom is -0.462 e. The lowest BCUT2D eigenvalue weighted by atomic mass is 9.90. The van der Waals surface area contributed by atoms with Crippen LogP contribution in [-0.4, -0.2) is 23.5 Å². The smallest absolute Gasteiger partial charge is 0.338 e. The van der Waals surface area contributed by atoms with Crippen molar-refractivity contribution < 1.29 is 19.2 Å². The number of hydrogen-bond donors (Lipinski definition) is 2. The lowest BCUT2D eigenvalue weighted by Gasteiger charge is -2.30. The van der Waals surface area contributed by atoms with Gasteiger partial charge in [-0.2, -0.15) is 0 Å². The summed E-state index contributed by atoms with van der Waals surface area (Å²) < 4.78 is 5.60. The molecule has 0 bridgehead atoms. The van der Waals surface area contributed by atoms with E-state index in [1.807, 2.05) is 6.92 Å². The molecule has 2 aliphatic rings. The fourth-order valence-electron chi connectivity index (χ4n) is 3.86. The van der Waals surface area contributed by atoms with E-state index in [2.05, 4.69) is 10.6 Å². The molecular weight excluding hydrogens is 398 g/mol. The highest BCUT2D eigenvalue weighted by molar-refractivity contribution is 6.32. The van der Waals surface area contributed by atoms with E-state index in [4.69, 9.17) is 16.3 Å². The van der Waals surface area contributed by atoms with E-state index >= 15 is 0 Å². The highest BCUT2D eigenvalue weighted by atomic mass is 35.5. The summed E-state index contributed by atoms with van der Waals surface area (Å²) in [6.07, 6.45) is 6.03. The Balaban J connectivity index is 1.87. The first-order valence-electron chi connectivity index (χ1n) is 9.82. The molecule has 1 aliphatic carbocycles. The van der Waals surface area contributed by atoms with E-state index in [1.165, 1.54) is 24.6 Å². The van der Waals surface area contributed by atoms with E-state index < -0.39 is 23.0 Å². The number of halogens is 1. The van der Waals surface area contributed by atoms with Crippen LogP contribution in [0, 0.1) is 16.0 Å². The van der Waals surface area contributed by atoms with Gasteiger partial charge in [0.15, 0.2) is 0 Å². The van der Waals surface area contributed by atoms with Crippen molar-refractivity contribution in [3.63, 3.8) is 0 Å². The average Bonchev–Trinajstić information content (AvgIpc) is 2.71. The van der Waals surface area contributed by atoms with Crippen LogP contribution in [0.15, 0.2) is 29.5 Å². The van der Waals surface area contributed by atoms with Crippen molar-refractivity contribution in [1.29, 1.82) is 0 Å². The fourth-order valence-corrected chi connectivity index (χ4v) is 4.12. The Morgan fingerprint density at radius 3 is 2.66 bits per heavy atom. The van der Waals surface area contributed by atoms with Gasteiger partial charge in [0.2, 0.25) is 0 Å². The van der Waals surface area contributed by atoms with Crippen LogP contribution in [0.2, 0.25) is 5.02 Å². The van der Waals surface area contributed by atoms with Gasteiger partial charge in [0.1, 0.15) is 5.02 Å². The van der Waals surface area contributed by atoms with Gasteiger partial charge in [-0.05, 0) is 42.9 Å². The summed E-state index contributed by atoms with van der Waals surface area (Å²) in [5, 5.41) is 16.3. The first-order chi connectivity index (χ1) is 13.9. The molecule has 1 unspecified atom stereocenters. The number of urea groups is 1. The second-order valence-corrected chi connectivity index (χ2v) is 7.75. The lowest BCUT2D eigenvalue weighted by Crippen LogP contribution is -2.46. The summed E-state index contributed by atoms with van der Waals surface area (Å²) in [7, 11) is 0. The summed E-state index contributed by atoms with van der Waals surface area (Å²) in [5.74, 6) is -0.142. The fraction of sp³-hybridized carbons (Fsp3) is 0.500. The topological polar surface area (TPSA) is 111 Å². The van der Waals surface area contributed by atoms with Gasteiger partial charge >= 0.3 is 12.0 Å². The number of carbonyl (C=O) groups excluding carboxylic acids is 2. The zero-order valence-electron chi connectivity index (χ0n) is 16.2. The Labute approximate surface area is 173 Å². The average molecular weight is 422 g/mol. The molecule has 1 fully saturated rings. The van der Waals surface area contributed by atoms with E-state index in [-0.39, 0.29) is 10.7 Å². The van der Waals surface area contributed by atoms with Gasteiger partial charge in [0.05, 0.1) is 23.1 Å². The summed E-state index contributed by atoms with van der Waals surface area (Å²) in [6.45, 7) is 2.18. The zero-order valence-corrected chi connectivity index (χ0v) is 17.0. The van der Waals surface area contributed by atoms with Crippen LogP contribution in [0.3, 0.4) is 0 Å². The van der Waals surface area contributed by atoms with Crippen molar-refractivity contribution in [1.82, 2.24) is 10.6 Å². The number of benzene rings is 1. The number of hydrogen-bond acceptors (Lipinski definition) is 5. The summed E-state index contributed by atoms with van der Waals surface area (Å²) in [5.41, 5.74) is 1.01. The molecule has 2 amide bonds. The largest absolute Gasteiger partial charge is 0.462 e. The van der Waals surface area contributed by atoms with Crippen molar-refractivity contribution in [3.05, 3.63) is 50.2 Å². The molecule has 9 heteroatoms. The molecule has 0 aromatic heterocycles. The van der Waals surface area contributed by atoms with Gasteiger partial charge in [0.25, 0.3) is 5.69 Å². The molecule has 1 saturated carbocycles. The second-order valence-electron chi connectivity index (χ2n) is 7.35. The van der Waals surface area contributed by atoms with Crippen molar-refractivity contribution in [2.75, 3.05) is 6.61 Å². The Kier molecular flexibility index (Phi) is 6.74. The molecule has 0 saturated heterocycles. The van der Waals surface area contributed by atoms with E-state index in [0.29, 0.717) is 35.8 Å². The Morgan fingerprint density at radius 2 is 2.03 bits per heavy atom. The Bertz CT molecular complexity index is 849. The molecule has 1 atom stereocenters. The number of nitro groups is 1. The number of esters is 1. The summed E-state index contributed by atoms with van der Waals surface area (Å²) in [6, 6.07) is 2.91. The number of ether oxygens (including phenoxy) is 1. The van der Waals surface area contributed by atoms with Crippen LogP contribution in [0.5, 0.6) is 0 Å². The number of nitro benzene ring substituents is 1. The molecule has 1 aromatic carbocycles. The molecule has 29 heavy (non-hydrogen) atoms. The Hall–Kier alpha value is -2.61. The van der Waals surface area contributed by atoms with Gasteiger partial charge < -0.3 is 15.4 Å². The minimum atomic E-state index is -0.796. The predicted molar refractivity (Wildman–Crippen MR) is 107 cm³/mol. The summed E-state index contributed by atoms with van der Waals surface area (Å²) >= 11 is 6.04. The molecule has 156 valence electrons. The molecule has 0 radical (unpaired) electrons. The number of rotatable bonds is 6. The molecule has 3 rings (SSSR count). The SMILES string of the molecule is CCC1=C(C(=O)OCC2CCCCC2)C(c2ccc([N+](=O)[O-])c(Cl)c2)NC(=O)N1. The van der Waals surface area contributed by atoms with Gasteiger partial charge in [0, 0.05) is 11.8 Å². The number of nitrogens with zero attached hydrogens (tertiary/aromatic N) is 1. The van der Waals surface area contributed by atoms with Crippen LogP contribution in [0.1, 0.15) is 57.1 Å². The Morgan fingerprint density at radius 1 is 1.31 bits per heavy atom. The lowest BCUT2D eigenvalue weighted by molar-refractivity contribution is -0.384. The molecular formula is C20H24ClN3O5. The summed E-state index contributed by atoms with van der Waals surface area (Å²) in [4.78, 5) is 35.5. The zero-order chi connectivity index (χ0) is 21.0. The van der Waals surface area contributed by atoms with Crippen LogP contribution in [0.4, 0.5) is 10.5 Å². The van der Waals surface area contributed by atoms with Crippen molar-refractivity contribution in [2.24, 2.45) is 5.92 Å². The minimum absolute atomic E-state index is 0.0618. The van der Waals surface area contributed by atoms with Gasteiger partial charge in [-0.25, -0.2) is 9.59 Å². The van der Waals surface area contributed by atoms with Crippen molar-refractivity contribution in [2.45, 2.75) is 51.5 Å². The highest BCUT2D eigenvalue weighted by Crippen LogP contribution is 2.34. The molecule has 1 heterocycles. The van der Waals surface area contributed by atoms with Crippen molar-refractivity contribution in [3.8, 4) is 0 Å². The number of nitrogens with one attached hydrogen (secondary N) is 2. The third-order valence-electron chi connectivity index (χ3n) is 5.40. The van der Waals surface area contributed by atoms with E-state index in [9.17, 15) is 19.7 Å². The first kappa shape index (κ1) is 21.1. The van der Waals surface area contributed by atoms with Gasteiger partial charge in [-0.1, -0.05) is 37.8 Å². The van der Waals surface area contributed by atoms with Crippen LogP contribution in [-0.2, 0) is 9.53 Å². The third-order valence-corrected chi connectivity index (χ3v) is 5.71. The maximum Gasteiger partial charge on any atom is 0.338 e. The number of allylic oxidation sites excluding steroid dienone is 1. The van der Waals surface area contributed by atoms with Crippen LogP contribution >= 0.6 is 11.6 Å². The maximum atomic E-state index is 12.9. The molecule has 1 aromatic rings. The monoisotopic (exact) mass is 421 g/mol. The highest BCUT2D eigenvalue weighted by Gasteiger charge is 2.34. The number of amides is 2. The van der Waals surface area contributed by atoms with Gasteiger partial charge in [-0.3, -0.25) is 10.1 Å². The van der Waals surface area contributed by atoms with E-state index in [0.717, 1.165) is 25.7 Å². The third kappa shape index (κ3) is 4.87. The normalized spacial score (nSPS) is 20.1. The van der Waals surface area contributed by atoms with Crippen LogP contribution < -0.4 is 10.6 Å². The maximum absolute atomic E-state index is 12.9. The second kappa shape index (κ2) is 9.26. The quantitative estimate of drug-likeness (QED) is 0.402. The molecule has 1 aliphatic heterocycles. The predicted octanol–water partition coefficient (Wildman–Crippen LogP) is 4.39. The van der Waals surface area contributed by atoms with Gasteiger partial charge in [-0.15, -0.1) is 0 Å². The first-order valence-corrected chi connectivity index (χ1v) is 10.2.